The third-order valence-corrected chi connectivity index (χ3v) is 2.58. The summed E-state index contributed by atoms with van der Waals surface area (Å²) in [6, 6.07) is 0. The summed E-state index contributed by atoms with van der Waals surface area (Å²) in [7, 11) is 0. The van der Waals surface area contributed by atoms with E-state index in [9.17, 15) is 5.11 Å². The van der Waals surface area contributed by atoms with E-state index in [1.165, 1.54) is 12.5 Å². The Morgan fingerprint density at radius 2 is 2.33 bits per heavy atom. The van der Waals surface area contributed by atoms with E-state index >= 15 is 0 Å². The van der Waals surface area contributed by atoms with Crippen LogP contribution in [0, 0.1) is 0 Å². The monoisotopic (exact) mass is 208 g/mol. The number of aromatic hydroxyl groups is 1. The van der Waals surface area contributed by atoms with Crippen molar-refractivity contribution in [3.05, 3.63) is 18.2 Å². The van der Waals surface area contributed by atoms with Crippen molar-refractivity contribution in [3.63, 3.8) is 0 Å². The van der Waals surface area contributed by atoms with Crippen LogP contribution >= 0.6 is 0 Å². The molecule has 2 N–H and O–H groups in total. The Kier molecular flexibility index (Phi) is 3.47. The molecule has 5 heteroatoms. The predicted molar refractivity (Wildman–Crippen MR) is 56.5 cm³/mol. The minimum absolute atomic E-state index is 0.190. The van der Waals surface area contributed by atoms with Crippen LogP contribution in [0.2, 0.25) is 0 Å². The van der Waals surface area contributed by atoms with Gasteiger partial charge in [-0.15, -0.1) is 0 Å². The number of nitrogens with one attached hydrogen (secondary N) is 1. The molecule has 0 aliphatic carbocycles. The number of hydrogen-bond acceptors (Lipinski definition) is 5. The maximum Gasteiger partial charge on any atom is 0.156 e. The minimum Gasteiger partial charge on any atom is -0.504 e. The lowest BCUT2D eigenvalue weighted by atomic mass is 10.3. The molecular formula is C10H16N4O. The van der Waals surface area contributed by atoms with E-state index in [2.05, 4.69) is 20.2 Å². The summed E-state index contributed by atoms with van der Waals surface area (Å²) in [6.07, 6.45) is 4.06. The van der Waals surface area contributed by atoms with Crippen LogP contribution in [0.25, 0.3) is 0 Å². The fourth-order valence-corrected chi connectivity index (χ4v) is 1.74. The molecule has 1 aromatic heterocycles. The summed E-state index contributed by atoms with van der Waals surface area (Å²) in [5.74, 6) is 0.190. The lowest BCUT2D eigenvalue weighted by Crippen LogP contribution is -2.28. The molecular weight excluding hydrogens is 192 g/mol. The van der Waals surface area contributed by atoms with Gasteiger partial charge in [-0.25, -0.2) is 9.97 Å². The van der Waals surface area contributed by atoms with Gasteiger partial charge in [-0.1, -0.05) is 0 Å². The van der Waals surface area contributed by atoms with E-state index in [4.69, 9.17) is 0 Å². The maximum absolute atomic E-state index is 9.54. The van der Waals surface area contributed by atoms with Gasteiger partial charge in [0.25, 0.3) is 0 Å². The predicted octanol–water partition coefficient (Wildman–Crippen LogP) is -0.0225. The molecule has 82 valence electrons. The standard InChI is InChI=1S/C10H16N4O/c15-10-6-12-8-13-9(10)7-14-4-1-2-11-3-5-14/h6,8,11,15H,1-5,7H2. The first-order valence-electron chi connectivity index (χ1n) is 5.27. The summed E-state index contributed by atoms with van der Waals surface area (Å²) in [5, 5.41) is 12.9. The number of aromatic nitrogens is 2. The molecule has 0 spiro atoms. The van der Waals surface area contributed by atoms with Crippen molar-refractivity contribution in [1.82, 2.24) is 20.2 Å². The van der Waals surface area contributed by atoms with Crippen molar-refractivity contribution in [3.8, 4) is 5.75 Å². The highest BCUT2D eigenvalue weighted by Crippen LogP contribution is 2.13. The summed E-state index contributed by atoms with van der Waals surface area (Å²) < 4.78 is 0. The zero-order chi connectivity index (χ0) is 10.5. The van der Waals surface area contributed by atoms with E-state index in [0.717, 1.165) is 32.6 Å². The second kappa shape index (κ2) is 5.04. The Morgan fingerprint density at radius 1 is 1.40 bits per heavy atom. The van der Waals surface area contributed by atoms with Crippen LogP contribution in [0.5, 0.6) is 5.75 Å². The average Bonchev–Trinajstić information content (AvgIpc) is 2.50. The number of hydrogen-bond donors (Lipinski definition) is 2. The molecule has 2 rings (SSSR count). The Hall–Kier alpha value is -1.20. The third kappa shape index (κ3) is 2.87. The van der Waals surface area contributed by atoms with Crippen LogP contribution in [0.3, 0.4) is 0 Å². The highest BCUT2D eigenvalue weighted by atomic mass is 16.3. The Balaban J connectivity index is 1.98. The van der Waals surface area contributed by atoms with Crippen LogP contribution < -0.4 is 5.32 Å². The van der Waals surface area contributed by atoms with Gasteiger partial charge in [-0.2, -0.15) is 0 Å². The summed E-state index contributed by atoms with van der Waals surface area (Å²) >= 11 is 0. The molecule has 1 aromatic rings. The second-order valence-electron chi connectivity index (χ2n) is 3.73. The van der Waals surface area contributed by atoms with Crippen molar-refractivity contribution in [2.75, 3.05) is 26.2 Å². The fraction of sp³-hybridized carbons (Fsp3) is 0.600. The van der Waals surface area contributed by atoms with Crippen LogP contribution in [-0.4, -0.2) is 46.2 Å². The smallest absolute Gasteiger partial charge is 0.156 e. The zero-order valence-corrected chi connectivity index (χ0v) is 8.69. The molecule has 0 atom stereocenters. The number of nitrogens with zero attached hydrogens (tertiary/aromatic N) is 3. The van der Waals surface area contributed by atoms with Crippen LogP contribution in [0.15, 0.2) is 12.5 Å². The zero-order valence-electron chi connectivity index (χ0n) is 8.69. The molecule has 1 saturated heterocycles. The maximum atomic E-state index is 9.54. The molecule has 1 fully saturated rings. The highest BCUT2D eigenvalue weighted by molar-refractivity contribution is 5.20. The molecule has 0 amide bonds. The van der Waals surface area contributed by atoms with E-state index in [1.54, 1.807) is 0 Å². The quantitative estimate of drug-likeness (QED) is 0.715. The molecule has 5 nitrogen and oxygen atoms in total. The Labute approximate surface area is 89.2 Å². The summed E-state index contributed by atoms with van der Waals surface area (Å²) in [4.78, 5) is 10.1. The van der Waals surface area contributed by atoms with Crippen molar-refractivity contribution in [1.29, 1.82) is 0 Å². The van der Waals surface area contributed by atoms with Gasteiger partial charge in [-0.3, -0.25) is 4.90 Å². The van der Waals surface area contributed by atoms with Gasteiger partial charge in [0.05, 0.1) is 11.9 Å². The van der Waals surface area contributed by atoms with Gasteiger partial charge >= 0.3 is 0 Å². The summed E-state index contributed by atoms with van der Waals surface area (Å²) in [6.45, 7) is 4.84. The van der Waals surface area contributed by atoms with Crippen LogP contribution in [0.1, 0.15) is 12.1 Å². The van der Waals surface area contributed by atoms with E-state index in [-0.39, 0.29) is 5.75 Å². The minimum atomic E-state index is 0.190. The molecule has 0 bridgehead atoms. The molecule has 0 radical (unpaired) electrons. The normalized spacial score (nSPS) is 18.7. The van der Waals surface area contributed by atoms with Crippen molar-refractivity contribution in [2.45, 2.75) is 13.0 Å². The van der Waals surface area contributed by atoms with Crippen molar-refractivity contribution in [2.24, 2.45) is 0 Å². The molecule has 2 heterocycles. The molecule has 0 saturated carbocycles. The number of rotatable bonds is 2. The first kappa shape index (κ1) is 10.3. The molecule has 1 aliphatic rings. The van der Waals surface area contributed by atoms with Gasteiger partial charge < -0.3 is 10.4 Å². The fourth-order valence-electron chi connectivity index (χ4n) is 1.74. The lowest BCUT2D eigenvalue weighted by Gasteiger charge is -2.18. The topological polar surface area (TPSA) is 61.3 Å². The van der Waals surface area contributed by atoms with Crippen molar-refractivity contribution >= 4 is 0 Å². The average molecular weight is 208 g/mol. The van der Waals surface area contributed by atoms with Gasteiger partial charge in [0, 0.05) is 19.6 Å². The van der Waals surface area contributed by atoms with Gasteiger partial charge in [0.15, 0.2) is 5.75 Å². The van der Waals surface area contributed by atoms with Gasteiger partial charge in [-0.05, 0) is 19.5 Å². The summed E-state index contributed by atoms with van der Waals surface area (Å²) in [5.41, 5.74) is 0.715. The SMILES string of the molecule is Oc1cncnc1CN1CCCNCC1. The third-order valence-electron chi connectivity index (χ3n) is 2.58. The van der Waals surface area contributed by atoms with Crippen LogP contribution in [-0.2, 0) is 6.54 Å². The Morgan fingerprint density at radius 3 is 3.20 bits per heavy atom. The van der Waals surface area contributed by atoms with E-state index in [0.29, 0.717) is 12.2 Å². The first-order valence-corrected chi connectivity index (χ1v) is 5.27. The molecule has 1 aliphatic heterocycles. The first-order chi connectivity index (χ1) is 7.36. The van der Waals surface area contributed by atoms with E-state index in [1.807, 2.05) is 0 Å². The second-order valence-corrected chi connectivity index (χ2v) is 3.73. The lowest BCUT2D eigenvalue weighted by molar-refractivity contribution is 0.275. The van der Waals surface area contributed by atoms with Crippen molar-refractivity contribution < 1.29 is 5.11 Å². The van der Waals surface area contributed by atoms with Crippen LogP contribution in [0.4, 0.5) is 0 Å². The largest absolute Gasteiger partial charge is 0.504 e. The highest BCUT2D eigenvalue weighted by Gasteiger charge is 2.11. The van der Waals surface area contributed by atoms with Gasteiger partial charge in [0.1, 0.15) is 6.33 Å². The molecule has 0 unspecified atom stereocenters. The molecule has 15 heavy (non-hydrogen) atoms. The van der Waals surface area contributed by atoms with E-state index < -0.39 is 0 Å². The Bertz CT molecular complexity index is 310. The molecule has 0 aromatic carbocycles. The van der Waals surface area contributed by atoms with Gasteiger partial charge in [0.2, 0.25) is 0 Å².